The van der Waals surface area contributed by atoms with Gasteiger partial charge in [0.05, 0.1) is 5.69 Å². The number of hydrogen-bond donors (Lipinski definition) is 2. The minimum absolute atomic E-state index is 0.181. The largest absolute Gasteiger partial charge is 0.308 e. The van der Waals surface area contributed by atoms with Crippen molar-refractivity contribution < 1.29 is 0 Å². The first-order valence-electron chi connectivity index (χ1n) is 7.55. The number of nitrogens with one attached hydrogen (secondary N) is 2. The molecule has 3 aromatic rings. The van der Waals surface area contributed by atoms with E-state index < -0.39 is 0 Å². The summed E-state index contributed by atoms with van der Waals surface area (Å²) in [6.07, 6.45) is 1.45. The van der Waals surface area contributed by atoms with Crippen LogP contribution in [0.4, 0.5) is 0 Å². The molecule has 1 aromatic carbocycles. The Morgan fingerprint density at radius 1 is 1.18 bits per heavy atom. The van der Waals surface area contributed by atoms with Crippen LogP contribution in [0, 0.1) is 12.8 Å². The third-order valence-corrected chi connectivity index (χ3v) is 3.76. The molecular formula is C17H20N4O. The average Bonchev–Trinajstić information content (AvgIpc) is 2.84. The molecule has 3 rings (SSSR count). The van der Waals surface area contributed by atoms with Crippen molar-refractivity contribution in [1.29, 1.82) is 0 Å². The molecule has 0 radical (unpaired) electrons. The molecule has 114 valence electrons. The zero-order chi connectivity index (χ0) is 15.7. The Bertz CT molecular complexity index is 860. The third-order valence-electron chi connectivity index (χ3n) is 3.76. The van der Waals surface area contributed by atoms with E-state index in [0.29, 0.717) is 29.2 Å². The fourth-order valence-corrected chi connectivity index (χ4v) is 2.63. The van der Waals surface area contributed by atoms with E-state index in [2.05, 4.69) is 53.1 Å². The summed E-state index contributed by atoms with van der Waals surface area (Å²) in [5.74, 6) is 1.16. The fourth-order valence-electron chi connectivity index (χ4n) is 2.63. The van der Waals surface area contributed by atoms with Crippen LogP contribution in [0.3, 0.4) is 0 Å². The smallest absolute Gasteiger partial charge is 0.279 e. The van der Waals surface area contributed by atoms with Crippen molar-refractivity contribution in [1.82, 2.24) is 20.2 Å². The van der Waals surface area contributed by atoms with Crippen LogP contribution < -0.4 is 5.56 Å². The molecule has 2 N–H and O–H groups in total. The zero-order valence-corrected chi connectivity index (χ0v) is 13.1. The topological polar surface area (TPSA) is 74.4 Å². The molecule has 2 heterocycles. The molecule has 2 aromatic heterocycles. The Balaban J connectivity index is 2.04. The molecule has 0 aliphatic heterocycles. The molecule has 0 saturated carbocycles. The van der Waals surface area contributed by atoms with Crippen LogP contribution in [0.1, 0.15) is 36.5 Å². The van der Waals surface area contributed by atoms with Crippen LogP contribution in [-0.2, 0) is 12.8 Å². The van der Waals surface area contributed by atoms with Crippen molar-refractivity contribution in [2.75, 3.05) is 0 Å². The van der Waals surface area contributed by atoms with Gasteiger partial charge in [-0.1, -0.05) is 38.1 Å². The maximum atomic E-state index is 12.2. The molecule has 0 bridgehead atoms. The molecule has 0 aliphatic rings. The third kappa shape index (κ3) is 2.79. The molecule has 0 unspecified atom stereocenters. The van der Waals surface area contributed by atoms with E-state index in [0.717, 1.165) is 12.1 Å². The molecular weight excluding hydrogens is 276 g/mol. The number of H-pyrrole nitrogens is 2. The first-order valence-corrected chi connectivity index (χ1v) is 7.55. The average molecular weight is 296 g/mol. The molecule has 0 amide bonds. The van der Waals surface area contributed by atoms with Crippen LogP contribution in [0.2, 0.25) is 0 Å². The zero-order valence-electron chi connectivity index (χ0n) is 13.1. The highest BCUT2D eigenvalue weighted by molar-refractivity contribution is 5.75. The predicted molar refractivity (Wildman–Crippen MR) is 87.0 cm³/mol. The highest BCUT2D eigenvalue weighted by atomic mass is 16.1. The standard InChI is InChI=1S/C17H20N4O/c1-10(2)8-13-15-16(21-20-13)17(22)19-14(18-15)9-12-7-5-4-6-11(12)3/h4-7,10H,8-9H2,1-3H3,(H,20,21)(H,18,19,22). The van der Waals surface area contributed by atoms with Crippen LogP contribution >= 0.6 is 0 Å². The van der Waals surface area contributed by atoms with Gasteiger partial charge in [-0.25, -0.2) is 4.98 Å². The molecule has 5 nitrogen and oxygen atoms in total. The summed E-state index contributed by atoms with van der Waals surface area (Å²) in [6, 6.07) is 8.13. The summed E-state index contributed by atoms with van der Waals surface area (Å²) in [4.78, 5) is 19.7. The Morgan fingerprint density at radius 2 is 1.95 bits per heavy atom. The maximum Gasteiger partial charge on any atom is 0.279 e. The van der Waals surface area contributed by atoms with Crippen molar-refractivity contribution in [3.63, 3.8) is 0 Å². The van der Waals surface area contributed by atoms with Gasteiger partial charge < -0.3 is 4.98 Å². The monoisotopic (exact) mass is 296 g/mol. The van der Waals surface area contributed by atoms with E-state index in [-0.39, 0.29) is 5.56 Å². The SMILES string of the molecule is Cc1ccccc1Cc1nc2c(CC(C)C)[nH]nc2c(=O)[nH]1. The van der Waals surface area contributed by atoms with Gasteiger partial charge in [-0.05, 0) is 30.4 Å². The van der Waals surface area contributed by atoms with Crippen LogP contribution in [-0.4, -0.2) is 20.2 Å². The lowest BCUT2D eigenvalue weighted by Crippen LogP contribution is -2.12. The van der Waals surface area contributed by atoms with Gasteiger partial charge in [-0.2, -0.15) is 5.10 Å². The summed E-state index contributed by atoms with van der Waals surface area (Å²) < 4.78 is 0. The van der Waals surface area contributed by atoms with E-state index in [1.54, 1.807) is 0 Å². The van der Waals surface area contributed by atoms with Gasteiger partial charge in [0, 0.05) is 6.42 Å². The summed E-state index contributed by atoms with van der Waals surface area (Å²) in [5.41, 5.74) is 4.20. The molecule has 5 heteroatoms. The van der Waals surface area contributed by atoms with E-state index in [1.165, 1.54) is 11.1 Å². The van der Waals surface area contributed by atoms with E-state index >= 15 is 0 Å². The molecule has 0 saturated heterocycles. The minimum atomic E-state index is -0.181. The Morgan fingerprint density at radius 3 is 2.68 bits per heavy atom. The van der Waals surface area contributed by atoms with Gasteiger partial charge in [0.25, 0.3) is 5.56 Å². The molecule has 0 fully saturated rings. The molecule has 22 heavy (non-hydrogen) atoms. The number of aromatic amines is 2. The summed E-state index contributed by atoms with van der Waals surface area (Å²) in [7, 11) is 0. The van der Waals surface area contributed by atoms with Gasteiger partial charge in [0.1, 0.15) is 11.3 Å². The Labute approximate surface area is 128 Å². The lowest BCUT2D eigenvalue weighted by atomic mass is 10.1. The van der Waals surface area contributed by atoms with E-state index in [4.69, 9.17) is 0 Å². The molecule has 0 spiro atoms. The summed E-state index contributed by atoms with van der Waals surface area (Å²) in [5, 5.41) is 7.06. The number of hydrogen-bond acceptors (Lipinski definition) is 3. The molecule has 0 aliphatic carbocycles. The Hall–Kier alpha value is -2.43. The second kappa shape index (κ2) is 5.75. The van der Waals surface area contributed by atoms with Crippen molar-refractivity contribution in [2.45, 2.75) is 33.6 Å². The van der Waals surface area contributed by atoms with Gasteiger partial charge in [-0.15, -0.1) is 0 Å². The second-order valence-corrected chi connectivity index (χ2v) is 6.11. The van der Waals surface area contributed by atoms with E-state index in [1.807, 2.05) is 12.1 Å². The van der Waals surface area contributed by atoms with Crippen molar-refractivity contribution in [3.8, 4) is 0 Å². The van der Waals surface area contributed by atoms with Crippen LogP contribution in [0.5, 0.6) is 0 Å². The van der Waals surface area contributed by atoms with Crippen LogP contribution in [0.25, 0.3) is 11.0 Å². The van der Waals surface area contributed by atoms with Gasteiger partial charge in [0.2, 0.25) is 0 Å². The predicted octanol–water partition coefficient (Wildman–Crippen LogP) is 2.74. The lowest BCUT2D eigenvalue weighted by molar-refractivity contribution is 0.635. The quantitative estimate of drug-likeness (QED) is 0.777. The Kier molecular flexibility index (Phi) is 3.79. The van der Waals surface area contributed by atoms with Gasteiger partial charge in [0.15, 0.2) is 5.52 Å². The van der Waals surface area contributed by atoms with E-state index in [9.17, 15) is 4.79 Å². The number of nitrogens with zero attached hydrogens (tertiary/aromatic N) is 2. The van der Waals surface area contributed by atoms with Gasteiger partial charge >= 0.3 is 0 Å². The normalized spacial score (nSPS) is 11.5. The van der Waals surface area contributed by atoms with Crippen molar-refractivity contribution in [2.24, 2.45) is 5.92 Å². The summed E-state index contributed by atoms with van der Waals surface area (Å²) in [6.45, 7) is 6.33. The second-order valence-electron chi connectivity index (χ2n) is 6.11. The highest BCUT2D eigenvalue weighted by Gasteiger charge is 2.13. The maximum absolute atomic E-state index is 12.2. The number of rotatable bonds is 4. The summed E-state index contributed by atoms with van der Waals surface area (Å²) >= 11 is 0. The highest BCUT2D eigenvalue weighted by Crippen LogP contribution is 2.16. The van der Waals surface area contributed by atoms with Crippen LogP contribution in [0.15, 0.2) is 29.1 Å². The number of benzene rings is 1. The first-order chi connectivity index (χ1) is 10.5. The first kappa shape index (κ1) is 14.5. The van der Waals surface area contributed by atoms with Crippen molar-refractivity contribution in [3.05, 3.63) is 57.3 Å². The van der Waals surface area contributed by atoms with Gasteiger partial charge in [-0.3, -0.25) is 9.89 Å². The lowest BCUT2D eigenvalue weighted by Gasteiger charge is -2.06. The number of aromatic nitrogens is 4. The molecule has 0 atom stereocenters. The minimum Gasteiger partial charge on any atom is -0.308 e. The number of aryl methyl sites for hydroxylation is 1. The van der Waals surface area contributed by atoms with Crippen molar-refractivity contribution >= 4 is 11.0 Å². The fraction of sp³-hybridized carbons (Fsp3) is 0.353. The number of fused-ring (bicyclic) bond motifs is 1.